The summed E-state index contributed by atoms with van der Waals surface area (Å²) < 4.78 is 17.7. The number of hydrogen-bond acceptors (Lipinski definition) is 4. The number of hydrogen-bond donors (Lipinski definition) is 0. The van der Waals surface area contributed by atoms with E-state index in [9.17, 15) is 0 Å². The van der Waals surface area contributed by atoms with Crippen LogP contribution in [0.25, 0.3) is 0 Å². The van der Waals surface area contributed by atoms with Crippen LogP contribution in [-0.4, -0.2) is 36.9 Å². The maximum absolute atomic E-state index is 6.21. The lowest BCUT2D eigenvalue weighted by atomic mass is 9.91. The van der Waals surface area contributed by atoms with Crippen LogP contribution in [0, 0.1) is 0 Å². The summed E-state index contributed by atoms with van der Waals surface area (Å²) in [7, 11) is 1.67. The van der Waals surface area contributed by atoms with Crippen molar-refractivity contribution in [1.29, 1.82) is 0 Å². The lowest BCUT2D eigenvalue weighted by Gasteiger charge is -2.37. The van der Waals surface area contributed by atoms with E-state index in [0.717, 1.165) is 48.7 Å². The van der Waals surface area contributed by atoms with Crippen LogP contribution in [0.15, 0.2) is 18.2 Å². The highest BCUT2D eigenvalue weighted by atomic mass is 35.5. The summed E-state index contributed by atoms with van der Waals surface area (Å²) in [5, 5.41) is 0. The van der Waals surface area contributed by atoms with Gasteiger partial charge in [0.15, 0.2) is 11.5 Å². The molecule has 2 aliphatic rings. The Labute approximate surface area is 135 Å². The summed E-state index contributed by atoms with van der Waals surface area (Å²) in [6.45, 7) is 0.785. The first-order chi connectivity index (χ1) is 10.2. The van der Waals surface area contributed by atoms with E-state index in [4.69, 9.17) is 25.8 Å². The van der Waals surface area contributed by atoms with E-state index in [1.54, 1.807) is 7.11 Å². The lowest BCUT2D eigenvalue weighted by Crippen LogP contribution is -2.43. The fourth-order valence-corrected chi connectivity index (χ4v) is 4.56. The number of methoxy groups -OCH3 is 1. The average Bonchev–Trinajstić information content (AvgIpc) is 2.95. The van der Waals surface area contributed by atoms with Gasteiger partial charge in [-0.2, -0.15) is 11.8 Å². The Morgan fingerprint density at radius 2 is 2.33 bits per heavy atom. The van der Waals surface area contributed by atoms with Crippen molar-refractivity contribution in [3.8, 4) is 11.5 Å². The second-order valence-electron chi connectivity index (χ2n) is 5.69. The Morgan fingerprint density at radius 1 is 1.43 bits per heavy atom. The standard InChI is InChI=1S/C16H21ClO3S/c1-18-15-8-12(10-17)2-3-14(15)20-13-4-6-19-16(9-13)5-7-21-11-16/h2-3,8,13H,4-7,9-11H2,1H3. The van der Waals surface area contributed by atoms with Crippen LogP contribution in [0.4, 0.5) is 0 Å². The maximum atomic E-state index is 6.21. The Balaban J connectivity index is 1.71. The molecule has 2 unspecified atom stereocenters. The molecule has 1 aromatic rings. The van der Waals surface area contributed by atoms with Crippen LogP contribution in [0.5, 0.6) is 11.5 Å². The Kier molecular flexibility index (Phi) is 4.87. The largest absolute Gasteiger partial charge is 0.493 e. The Bertz CT molecular complexity index is 488. The van der Waals surface area contributed by atoms with Gasteiger partial charge in [0, 0.05) is 24.5 Å². The van der Waals surface area contributed by atoms with Crippen LogP contribution >= 0.6 is 23.4 Å². The molecule has 0 N–H and O–H groups in total. The zero-order chi connectivity index (χ0) is 14.7. The maximum Gasteiger partial charge on any atom is 0.161 e. The van der Waals surface area contributed by atoms with Gasteiger partial charge in [-0.1, -0.05) is 6.07 Å². The van der Waals surface area contributed by atoms with E-state index in [1.807, 2.05) is 30.0 Å². The second kappa shape index (κ2) is 6.67. The van der Waals surface area contributed by atoms with Crippen LogP contribution in [0.3, 0.4) is 0 Å². The topological polar surface area (TPSA) is 27.7 Å². The summed E-state index contributed by atoms with van der Waals surface area (Å²) in [5.74, 6) is 4.33. The smallest absolute Gasteiger partial charge is 0.161 e. The fraction of sp³-hybridized carbons (Fsp3) is 0.625. The molecule has 2 fully saturated rings. The van der Waals surface area contributed by atoms with Crippen molar-refractivity contribution in [2.75, 3.05) is 25.2 Å². The van der Waals surface area contributed by atoms with Crippen LogP contribution in [-0.2, 0) is 10.6 Å². The average molecular weight is 329 g/mol. The quantitative estimate of drug-likeness (QED) is 0.784. The van der Waals surface area contributed by atoms with Crippen molar-refractivity contribution in [3.05, 3.63) is 23.8 Å². The van der Waals surface area contributed by atoms with E-state index in [0.29, 0.717) is 5.88 Å². The zero-order valence-corrected chi connectivity index (χ0v) is 13.8. The van der Waals surface area contributed by atoms with Gasteiger partial charge in [-0.05, 0) is 29.9 Å². The minimum atomic E-state index is 0.0386. The van der Waals surface area contributed by atoms with Crippen molar-refractivity contribution in [2.24, 2.45) is 0 Å². The number of alkyl halides is 1. The summed E-state index contributed by atoms with van der Waals surface area (Å²) in [5.41, 5.74) is 1.08. The first-order valence-corrected chi connectivity index (χ1v) is 9.05. The number of rotatable bonds is 4. The third-order valence-electron chi connectivity index (χ3n) is 4.19. The fourth-order valence-electron chi connectivity index (χ4n) is 3.02. The van der Waals surface area contributed by atoms with Crippen molar-refractivity contribution in [2.45, 2.75) is 36.8 Å². The second-order valence-corrected chi connectivity index (χ2v) is 7.06. The van der Waals surface area contributed by atoms with E-state index in [-0.39, 0.29) is 11.7 Å². The molecule has 5 heteroatoms. The molecule has 0 radical (unpaired) electrons. The summed E-state index contributed by atoms with van der Waals surface area (Å²) >= 11 is 7.85. The molecule has 1 aromatic carbocycles. The third kappa shape index (κ3) is 3.43. The van der Waals surface area contributed by atoms with Crippen LogP contribution in [0.1, 0.15) is 24.8 Å². The molecule has 2 saturated heterocycles. The summed E-state index contributed by atoms with van der Waals surface area (Å²) in [4.78, 5) is 0. The first-order valence-electron chi connectivity index (χ1n) is 7.36. The van der Waals surface area contributed by atoms with Gasteiger partial charge in [-0.25, -0.2) is 0 Å². The molecular weight excluding hydrogens is 308 g/mol. The van der Waals surface area contributed by atoms with Gasteiger partial charge >= 0.3 is 0 Å². The van der Waals surface area contributed by atoms with Crippen molar-refractivity contribution < 1.29 is 14.2 Å². The van der Waals surface area contributed by atoms with Crippen molar-refractivity contribution in [3.63, 3.8) is 0 Å². The molecule has 0 aliphatic carbocycles. The van der Waals surface area contributed by atoms with Gasteiger partial charge in [-0.15, -0.1) is 11.6 Å². The number of ether oxygens (including phenoxy) is 3. The molecule has 0 aromatic heterocycles. The molecule has 0 bridgehead atoms. The molecule has 0 amide bonds. The van der Waals surface area contributed by atoms with Crippen molar-refractivity contribution >= 4 is 23.4 Å². The van der Waals surface area contributed by atoms with Gasteiger partial charge in [0.05, 0.1) is 19.3 Å². The predicted octanol–water partition coefficient (Wildman–Crippen LogP) is 3.87. The van der Waals surface area contributed by atoms with Gasteiger partial charge in [0.1, 0.15) is 6.10 Å². The van der Waals surface area contributed by atoms with E-state index < -0.39 is 0 Å². The summed E-state index contributed by atoms with van der Waals surface area (Å²) in [6.07, 6.45) is 3.25. The molecule has 0 saturated carbocycles. The van der Waals surface area contributed by atoms with E-state index in [2.05, 4.69) is 0 Å². The first kappa shape index (κ1) is 15.3. The van der Waals surface area contributed by atoms with E-state index >= 15 is 0 Å². The SMILES string of the molecule is COc1cc(CCl)ccc1OC1CCOC2(CCSC2)C1. The Morgan fingerprint density at radius 3 is 3.05 bits per heavy atom. The van der Waals surface area contributed by atoms with Crippen LogP contribution in [0.2, 0.25) is 0 Å². The zero-order valence-electron chi connectivity index (χ0n) is 12.3. The highest BCUT2D eigenvalue weighted by Gasteiger charge is 2.41. The molecule has 21 heavy (non-hydrogen) atoms. The molecule has 116 valence electrons. The molecule has 2 atom stereocenters. The van der Waals surface area contributed by atoms with Gasteiger partial charge in [-0.3, -0.25) is 0 Å². The normalized spacial score (nSPS) is 28.8. The van der Waals surface area contributed by atoms with Crippen molar-refractivity contribution in [1.82, 2.24) is 0 Å². The summed E-state index contributed by atoms with van der Waals surface area (Å²) in [6, 6.07) is 5.90. The highest BCUT2D eigenvalue weighted by molar-refractivity contribution is 7.99. The Hall–Kier alpha value is -0.580. The molecular formula is C16H21ClO3S. The monoisotopic (exact) mass is 328 g/mol. The lowest BCUT2D eigenvalue weighted by molar-refractivity contribution is -0.0961. The number of benzene rings is 1. The van der Waals surface area contributed by atoms with Gasteiger partial charge in [0.2, 0.25) is 0 Å². The minimum absolute atomic E-state index is 0.0386. The van der Waals surface area contributed by atoms with Gasteiger partial charge < -0.3 is 14.2 Å². The molecule has 3 rings (SSSR count). The number of thioether (sulfide) groups is 1. The molecule has 3 nitrogen and oxygen atoms in total. The number of halogens is 1. The third-order valence-corrected chi connectivity index (χ3v) is 5.72. The molecule has 1 spiro atoms. The highest BCUT2D eigenvalue weighted by Crippen LogP contribution is 2.40. The predicted molar refractivity (Wildman–Crippen MR) is 86.8 cm³/mol. The van der Waals surface area contributed by atoms with Gasteiger partial charge in [0.25, 0.3) is 0 Å². The van der Waals surface area contributed by atoms with Crippen LogP contribution < -0.4 is 9.47 Å². The minimum Gasteiger partial charge on any atom is -0.493 e. The molecule has 2 aliphatic heterocycles. The molecule has 2 heterocycles. The van der Waals surface area contributed by atoms with E-state index in [1.165, 1.54) is 5.75 Å².